The van der Waals surface area contributed by atoms with Crippen LogP contribution in [0.5, 0.6) is 0 Å². The van der Waals surface area contributed by atoms with E-state index in [2.05, 4.69) is 9.83 Å². The van der Waals surface area contributed by atoms with Crippen molar-refractivity contribution in [2.75, 3.05) is 11.4 Å². The molecule has 0 fully saturated rings. The second-order valence-electron chi connectivity index (χ2n) is 6.42. The van der Waals surface area contributed by atoms with Crippen LogP contribution in [0.15, 0.2) is 53.1 Å². The zero-order valence-corrected chi connectivity index (χ0v) is 15.4. The van der Waals surface area contributed by atoms with Crippen LogP contribution in [-0.4, -0.2) is 17.7 Å². The van der Waals surface area contributed by atoms with E-state index in [1.807, 2.05) is 0 Å². The SMILES string of the molecule is [C-]#[N+]c1ccc(N(Cc2cnc(-c3ccc(F)cc3)o2)CC(F)(F)F)cc1C(F)(F)F. The fourth-order valence-corrected chi connectivity index (χ4v) is 2.79. The molecule has 0 saturated carbocycles. The highest BCUT2D eigenvalue weighted by atomic mass is 19.4. The van der Waals surface area contributed by atoms with Gasteiger partial charge >= 0.3 is 12.4 Å². The molecule has 3 aromatic rings. The minimum Gasteiger partial charge on any atom is -0.439 e. The molecule has 0 saturated heterocycles. The minimum atomic E-state index is -4.91. The molecule has 2 aromatic carbocycles. The molecule has 0 aliphatic carbocycles. The first-order valence-electron chi connectivity index (χ1n) is 8.57. The van der Waals surface area contributed by atoms with E-state index < -0.39 is 48.2 Å². The second-order valence-corrected chi connectivity index (χ2v) is 6.42. The number of rotatable bonds is 5. The molecule has 0 N–H and O–H groups in total. The van der Waals surface area contributed by atoms with Crippen LogP contribution >= 0.6 is 0 Å². The summed E-state index contributed by atoms with van der Waals surface area (Å²) in [7, 11) is 0. The molecule has 0 aliphatic heterocycles. The van der Waals surface area contributed by atoms with Gasteiger partial charge in [0.1, 0.15) is 18.1 Å². The van der Waals surface area contributed by atoms with Crippen LogP contribution in [0.2, 0.25) is 0 Å². The molecule has 0 radical (unpaired) electrons. The number of oxazole rings is 1. The molecule has 0 unspecified atom stereocenters. The zero-order valence-electron chi connectivity index (χ0n) is 15.4. The number of nitrogens with zero attached hydrogens (tertiary/aromatic N) is 3. The number of aromatic nitrogens is 1. The van der Waals surface area contributed by atoms with Crippen LogP contribution < -0.4 is 4.90 Å². The number of alkyl halides is 6. The topological polar surface area (TPSA) is 33.6 Å². The normalized spacial score (nSPS) is 11.9. The van der Waals surface area contributed by atoms with E-state index in [-0.39, 0.29) is 11.7 Å². The Kier molecular flexibility index (Phi) is 5.92. The predicted molar refractivity (Wildman–Crippen MR) is 96.7 cm³/mol. The summed E-state index contributed by atoms with van der Waals surface area (Å²) in [6.07, 6.45) is -8.50. The third-order valence-corrected chi connectivity index (χ3v) is 4.13. The Morgan fingerprint density at radius 3 is 2.26 bits per heavy atom. The molecule has 1 heterocycles. The quantitative estimate of drug-likeness (QED) is 0.328. The maximum Gasteiger partial charge on any atom is 0.407 e. The van der Waals surface area contributed by atoms with Crippen LogP contribution in [0.25, 0.3) is 16.3 Å². The van der Waals surface area contributed by atoms with Crippen LogP contribution in [0.4, 0.5) is 42.1 Å². The Balaban J connectivity index is 1.94. The van der Waals surface area contributed by atoms with Crippen molar-refractivity contribution in [1.29, 1.82) is 0 Å². The lowest BCUT2D eigenvalue weighted by Gasteiger charge is -2.26. The van der Waals surface area contributed by atoms with Gasteiger partial charge < -0.3 is 9.32 Å². The van der Waals surface area contributed by atoms with Gasteiger partial charge in [0.15, 0.2) is 5.69 Å². The van der Waals surface area contributed by atoms with E-state index in [0.717, 1.165) is 30.5 Å². The molecule has 3 rings (SSSR count). The number of anilines is 1. The number of benzene rings is 2. The maximum atomic E-state index is 13.2. The van der Waals surface area contributed by atoms with Crippen molar-refractivity contribution in [2.24, 2.45) is 0 Å². The highest BCUT2D eigenvalue weighted by molar-refractivity contribution is 5.62. The molecule has 0 aliphatic rings. The highest BCUT2D eigenvalue weighted by Crippen LogP contribution is 2.39. The van der Waals surface area contributed by atoms with Gasteiger partial charge in [0.2, 0.25) is 5.89 Å². The Morgan fingerprint density at radius 2 is 1.68 bits per heavy atom. The summed E-state index contributed by atoms with van der Waals surface area (Å²) in [5, 5.41) is 0. The van der Waals surface area contributed by atoms with Gasteiger partial charge in [-0.1, -0.05) is 6.07 Å². The standard InChI is InChI=1S/C20H12F7N3O/c1-28-17-7-6-14(8-16(17)20(25,26)27)30(11-19(22,23)24)10-15-9-29-18(31-15)12-2-4-13(21)5-3-12/h2-9H,10-11H2. The van der Waals surface area contributed by atoms with Crippen LogP contribution in [0, 0.1) is 12.4 Å². The van der Waals surface area contributed by atoms with Gasteiger partial charge in [-0.3, -0.25) is 0 Å². The zero-order chi connectivity index (χ0) is 22.8. The summed E-state index contributed by atoms with van der Waals surface area (Å²) < 4.78 is 97.4. The number of hydrogen-bond acceptors (Lipinski definition) is 3. The third-order valence-electron chi connectivity index (χ3n) is 4.13. The highest BCUT2D eigenvalue weighted by Gasteiger charge is 2.36. The fourth-order valence-electron chi connectivity index (χ4n) is 2.79. The van der Waals surface area contributed by atoms with Gasteiger partial charge in [-0.15, -0.1) is 0 Å². The monoisotopic (exact) mass is 443 g/mol. The van der Waals surface area contributed by atoms with Crippen molar-refractivity contribution < 1.29 is 35.2 Å². The molecule has 0 amide bonds. The third kappa shape index (κ3) is 5.53. The minimum absolute atomic E-state index is 0.0151. The van der Waals surface area contributed by atoms with E-state index >= 15 is 0 Å². The van der Waals surface area contributed by atoms with Gasteiger partial charge in [-0.25, -0.2) is 14.2 Å². The lowest BCUT2D eigenvalue weighted by molar-refractivity contribution is -0.136. The summed E-state index contributed by atoms with van der Waals surface area (Å²) in [5.41, 5.74) is -2.08. The van der Waals surface area contributed by atoms with E-state index in [9.17, 15) is 30.7 Å². The van der Waals surface area contributed by atoms with Crippen LogP contribution in [0.3, 0.4) is 0 Å². The molecular formula is C20H12F7N3O. The molecule has 0 atom stereocenters. The van der Waals surface area contributed by atoms with E-state index in [4.69, 9.17) is 11.0 Å². The van der Waals surface area contributed by atoms with Crippen molar-refractivity contribution in [3.05, 3.63) is 77.2 Å². The first-order chi connectivity index (χ1) is 14.5. The average Bonchev–Trinajstić information content (AvgIpc) is 3.14. The molecule has 1 aromatic heterocycles. The van der Waals surface area contributed by atoms with Crippen molar-refractivity contribution in [3.8, 4) is 11.5 Å². The largest absolute Gasteiger partial charge is 0.439 e. The summed E-state index contributed by atoms with van der Waals surface area (Å²) in [5.74, 6) is -0.539. The van der Waals surface area contributed by atoms with Crippen molar-refractivity contribution in [3.63, 3.8) is 0 Å². The molecule has 11 heteroatoms. The summed E-state index contributed by atoms with van der Waals surface area (Å²) in [6.45, 7) is 4.75. The molecule has 4 nitrogen and oxygen atoms in total. The first-order valence-corrected chi connectivity index (χ1v) is 8.57. The van der Waals surface area contributed by atoms with E-state index in [1.165, 1.54) is 12.1 Å². The molecule has 0 spiro atoms. The Bertz CT molecular complexity index is 1100. The second kappa shape index (κ2) is 8.29. The summed E-state index contributed by atoms with van der Waals surface area (Å²) in [6, 6.07) is 7.33. The molecule has 0 bridgehead atoms. The fraction of sp³-hybridized carbons (Fsp3) is 0.200. The van der Waals surface area contributed by atoms with E-state index in [0.29, 0.717) is 16.5 Å². The summed E-state index contributed by atoms with van der Waals surface area (Å²) >= 11 is 0. The molecule has 31 heavy (non-hydrogen) atoms. The van der Waals surface area contributed by atoms with E-state index in [1.54, 1.807) is 0 Å². The molecule has 162 valence electrons. The lowest BCUT2D eigenvalue weighted by Crippen LogP contribution is -2.33. The van der Waals surface area contributed by atoms with Gasteiger partial charge in [0.25, 0.3) is 0 Å². The molecular weight excluding hydrogens is 431 g/mol. The van der Waals surface area contributed by atoms with Crippen molar-refractivity contribution in [2.45, 2.75) is 18.9 Å². The maximum absolute atomic E-state index is 13.2. The lowest BCUT2D eigenvalue weighted by atomic mass is 10.1. The van der Waals surface area contributed by atoms with Crippen molar-refractivity contribution in [1.82, 2.24) is 4.98 Å². The summed E-state index contributed by atoms with van der Waals surface area (Å²) in [4.78, 5) is 7.34. The number of halogens is 7. The van der Waals surface area contributed by atoms with Gasteiger partial charge in [0, 0.05) is 11.3 Å². The smallest absolute Gasteiger partial charge is 0.407 e. The van der Waals surface area contributed by atoms with Gasteiger partial charge in [-0.05, 0) is 36.4 Å². The Hall–Kier alpha value is -3.55. The number of hydrogen-bond donors (Lipinski definition) is 0. The average molecular weight is 443 g/mol. The van der Waals surface area contributed by atoms with Gasteiger partial charge in [0.05, 0.1) is 24.9 Å². The van der Waals surface area contributed by atoms with Gasteiger partial charge in [-0.2, -0.15) is 26.3 Å². The van der Waals surface area contributed by atoms with Crippen LogP contribution in [0.1, 0.15) is 11.3 Å². The predicted octanol–water partition coefficient (Wildman–Crippen LogP) is 6.62. The van der Waals surface area contributed by atoms with Crippen molar-refractivity contribution >= 4 is 11.4 Å². The Labute approximate surface area is 171 Å². The first kappa shape index (κ1) is 22.1. The Morgan fingerprint density at radius 1 is 1.00 bits per heavy atom. The van der Waals surface area contributed by atoms with Crippen LogP contribution in [-0.2, 0) is 12.7 Å².